The van der Waals surface area contributed by atoms with Gasteiger partial charge in [-0.05, 0) is 100 Å². The first-order valence-electron chi connectivity index (χ1n) is 9.93. The molecule has 1 fully saturated rings. The van der Waals surface area contributed by atoms with Gasteiger partial charge in [0.25, 0.3) is 11.1 Å². The first-order chi connectivity index (χ1) is 16.2. The highest BCUT2D eigenvalue weighted by Gasteiger charge is 2.35. The maximum Gasteiger partial charge on any atom is 0.339 e. The van der Waals surface area contributed by atoms with Crippen LogP contribution in [0.5, 0.6) is 11.5 Å². The highest BCUT2D eigenvalue weighted by molar-refractivity contribution is 14.1. The van der Waals surface area contributed by atoms with Crippen LogP contribution in [0.3, 0.4) is 0 Å². The monoisotopic (exact) mass is 607 g/mol. The van der Waals surface area contributed by atoms with Crippen molar-refractivity contribution in [3.63, 3.8) is 0 Å². The van der Waals surface area contributed by atoms with E-state index in [0.29, 0.717) is 16.2 Å². The molecule has 0 unspecified atom stereocenters. The summed E-state index contributed by atoms with van der Waals surface area (Å²) < 4.78 is 36.3. The molecule has 0 aliphatic carbocycles. The molecule has 0 spiro atoms. The zero-order valence-corrected chi connectivity index (χ0v) is 21.6. The average Bonchev–Trinajstić information content (AvgIpc) is 3.09. The number of benzene rings is 3. The number of ether oxygens (including phenoxy) is 1. The fraction of sp³-hybridized carbons (Fsp3) is 0.0833. The maximum atomic E-state index is 12.8. The van der Waals surface area contributed by atoms with E-state index in [1.807, 2.05) is 24.3 Å². The highest BCUT2D eigenvalue weighted by atomic mass is 127. The molecule has 0 atom stereocenters. The van der Waals surface area contributed by atoms with Crippen LogP contribution in [0.25, 0.3) is 6.08 Å². The van der Waals surface area contributed by atoms with Crippen LogP contribution >= 0.6 is 34.4 Å². The molecule has 2 amide bonds. The molecule has 7 nitrogen and oxygen atoms in total. The Morgan fingerprint density at radius 3 is 2.15 bits per heavy atom. The standard InChI is InChI=1S/C24H18INO6S2/c1-31-19-10-12-21(13-11-19)34(29,30)32-20-8-4-16(5-9-20)14-22-23(27)26(24(28)33-22)15-17-2-6-18(25)7-3-17/h2-14H,15H2,1H3/b22-14-. The van der Waals surface area contributed by atoms with Crippen LogP contribution in [-0.4, -0.2) is 31.6 Å². The van der Waals surface area contributed by atoms with E-state index in [4.69, 9.17) is 8.92 Å². The quantitative estimate of drug-likeness (QED) is 0.205. The molecule has 1 heterocycles. The number of nitrogens with zero attached hydrogens (tertiary/aromatic N) is 1. The molecule has 4 rings (SSSR count). The second-order valence-corrected chi connectivity index (χ2v) is 11.0. The highest BCUT2D eigenvalue weighted by Crippen LogP contribution is 2.33. The van der Waals surface area contributed by atoms with E-state index in [0.717, 1.165) is 20.9 Å². The van der Waals surface area contributed by atoms with Crippen LogP contribution in [0.1, 0.15) is 11.1 Å². The zero-order chi connectivity index (χ0) is 24.3. The fourth-order valence-corrected chi connectivity index (χ4v) is 5.22. The lowest BCUT2D eigenvalue weighted by molar-refractivity contribution is -0.123. The van der Waals surface area contributed by atoms with Crippen molar-refractivity contribution in [3.05, 3.63) is 92.4 Å². The molecule has 0 saturated carbocycles. The van der Waals surface area contributed by atoms with E-state index < -0.39 is 10.1 Å². The van der Waals surface area contributed by atoms with E-state index in [9.17, 15) is 18.0 Å². The van der Waals surface area contributed by atoms with E-state index >= 15 is 0 Å². The second kappa shape index (κ2) is 10.2. The number of amides is 2. The third-order valence-corrected chi connectivity index (χ3v) is 7.75. The van der Waals surface area contributed by atoms with Gasteiger partial charge in [0.05, 0.1) is 18.6 Å². The second-order valence-electron chi connectivity index (χ2n) is 7.18. The topological polar surface area (TPSA) is 90.0 Å². The normalized spacial score (nSPS) is 15.1. The summed E-state index contributed by atoms with van der Waals surface area (Å²) in [5.74, 6) is 0.294. The first-order valence-corrected chi connectivity index (χ1v) is 13.2. The SMILES string of the molecule is COc1ccc(S(=O)(=O)Oc2ccc(/C=C3\SC(=O)N(Cc4ccc(I)cc4)C3=O)cc2)cc1. The number of carbonyl (C=O) groups excluding carboxylic acids is 2. The van der Waals surface area contributed by atoms with Crippen LogP contribution in [-0.2, 0) is 21.5 Å². The molecule has 0 radical (unpaired) electrons. The summed E-state index contributed by atoms with van der Waals surface area (Å²) in [7, 11) is -2.52. The number of hydrogen-bond donors (Lipinski definition) is 0. The molecule has 174 valence electrons. The predicted molar refractivity (Wildman–Crippen MR) is 138 cm³/mol. The Bertz CT molecular complexity index is 1350. The van der Waals surface area contributed by atoms with Crippen LogP contribution in [0.15, 0.2) is 82.6 Å². The summed E-state index contributed by atoms with van der Waals surface area (Å²) in [6, 6.07) is 19.7. The summed E-state index contributed by atoms with van der Waals surface area (Å²) >= 11 is 3.07. The summed E-state index contributed by atoms with van der Waals surface area (Å²) in [6.45, 7) is 0.203. The molecule has 0 N–H and O–H groups in total. The Balaban J connectivity index is 1.45. The molecule has 34 heavy (non-hydrogen) atoms. The minimum atomic E-state index is -4.01. The van der Waals surface area contributed by atoms with Gasteiger partial charge in [0.15, 0.2) is 0 Å². The minimum Gasteiger partial charge on any atom is -0.497 e. The van der Waals surface area contributed by atoms with Gasteiger partial charge in [0.1, 0.15) is 16.4 Å². The van der Waals surface area contributed by atoms with Crippen molar-refractivity contribution < 1.29 is 26.9 Å². The van der Waals surface area contributed by atoms with Crippen LogP contribution in [0.4, 0.5) is 4.79 Å². The van der Waals surface area contributed by atoms with Gasteiger partial charge in [-0.25, -0.2) is 0 Å². The van der Waals surface area contributed by atoms with Crippen LogP contribution in [0, 0.1) is 3.57 Å². The Labute approximate surface area is 215 Å². The number of rotatable bonds is 7. The molecule has 1 aliphatic heterocycles. The molecule has 3 aromatic rings. The summed E-state index contributed by atoms with van der Waals surface area (Å²) in [5.41, 5.74) is 1.50. The van der Waals surface area contributed by atoms with E-state index in [-0.39, 0.29) is 28.3 Å². The van der Waals surface area contributed by atoms with E-state index in [1.54, 1.807) is 18.2 Å². The summed E-state index contributed by atoms with van der Waals surface area (Å²) in [4.78, 5) is 26.6. The first kappa shape index (κ1) is 24.3. The van der Waals surface area contributed by atoms with Crippen molar-refractivity contribution in [2.75, 3.05) is 7.11 Å². The summed E-state index contributed by atoms with van der Waals surface area (Å²) in [5, 5.41) is -0.333. The minimum absolute atomic E-state index is 0.000760. The van der Waals surface area contributed by atoms with Crippen molar-refractivity contribution in [1.29, 1.82) is 0 Å². The lowest BCUT2D eigenvalue weighted by atomic mass is 10.2. The number of hydrogen-bond acceptors (Lipinski definition) is 7. The average molecular weight is 607 g/mol. The van der Waals surface area contributed by atoms with Gasteiger partial charge in [-0.1, -0.05) is 24.3 Å². The van der Waals surface area contributed by atoms with Crippen molar-refractivity contribution in [1.82, 2.24) is 4.90 Å². The molecule has 0 aromatic heterocycles. The fourth-order valence-electron chi connectivity index (χ4n) is 3.10. The van der Waals surface area contributed by atoms with Crippen LogP contribution in [0.2, 0.25) is 0 Å². The number of methoxy groups -OCH3 is 1. The molecule has 0 bridgehead atoms. The van der Waals surface area contributed by atoms with Crippen LogP contribution < -0.4 is 8.92 Å². The summed E-state index contributed by atoms with van der Waals surface area (Å²) in [6.07, 6.45) is 1.60. The molecule has 1 saturated heterocycles. The van der Waals surface area contributed by atoms with Gasteiger partial charge in [0, 0.05) is 3.57 Å². The van der Waals surface area contributed by atoms with Gasteiger partial charge in [-0.2, -0.15) is 8.42 Å². The Hall–Kier alpha value is -2.83. The molecule has 3 aromatic carbocycles. The van der Waals surface area contributed by atoms with Crippen molar-refractivity contribution in [2.45, 2.75) is 11.4 Å². The molecular weight excluding hydrogens is 589 g/mol. The van der Waals surface area contributed by atoms with E-state index in [1.165, 1.54) is 48.4 Å². The number of thioether (sulfide) groups is 1. The van der Waals surface area contributed by atoms with E-state index in [2.05, 4.69) is 22.6 Å². The Morgan fingerprint density at radius 1 is 0.912 bits per heavy atom. The third kappa shape index (κ3) is 5.62. The number of carbonyl (C=O) groups is 2. The van der Waals surface area contributed by atoms with Gasteiger partial charge in [-0.15, -0.1) is 0 Å². The lowest BCUT2D eigenvalue weighted by Gasteiger charge is -2.12. The molecule has 10 heteroatoms. The smallest absolute Gasteiger partial charge is 0.339 e. The van der Waals surface area contributed by atoms with Crippen molar-refractivity contribution in [3.8, 4) is 11.5 Å². The van der Waals surface area contributed by atoms with Crippen molar-refractivity contribution >= 4 is 61.7 Å². The van der Waals surface area contributed by atoms with Gasteiger partial charge in [0.2, 0.25) is 0 Å². The lowest BCUT2D eigenvalue weighted by Crippen LogP contribution is -2.27. The maximum absolute atomic E-state index is 12.8. The van der Waals surface area contributed by atoms with Gasteiger partial charge >= 0.3 is 10.1 Å². The Morgan fingerprint density at radius 2 is 1.53 bits per heavy atom. The largest absolute Gasteiger partial charge is 0.497 e. The van der Waals surface area contributed by atoms with Gasteiger partial charge in [-0.3, -0.25) is 14.5 Å². The zero-order valence-electron chi connectivity index (χ0n) is 17.8. The predicted octanol–water partition coefficient (Wildman–Crippen LogP) is 5.30. The number of imide groups is 1. The Kier molecular flexibility index (Phi) is 7.29. The number of halogens is 1. The van der Waals surface area contributed by atoms with Gasteiger partial charge < -0.3 is 8.92 Å². The molecule has 1 aliphatic rings. The molecular formula is C24H18INO6S2. The van der Waals surface area contributed by atoms with Crippen molar-refractivity contribution in [2.24, 2.45) is 0 Å². The third-order valence-electron chi connectivity index (χ3n) is 4.86.